The molecular weight excluding hydrogens is 336 g/mol. The summed E-state index contributed by atoms with van der Waals surface area (Å²) in [5, 5.41) is 3.16. The third kappa shape index (κ3) is 4.45. The van der Waals surface area contributed by atoms with Crippen molar-refractivity contribution in [3.63, 3.8) is 0 Å². The van der Waals surface area contributed by atoms with E-state index in [0.717, 1.165) is 22.9 Å². The van der Waals surface area contributed by atoms with Crippen LogP contribution in [0.4, 0.5) is 0 Å². The van der Waals surface area contributed by atoms with Crippen LogP contribution in [-0.4, -0.2) is 26.0 Å². The van der Waals surface area contributed by atoms with E-state index in [1.165, 1.54) is 9.96 Å². The topological polar surface area (TPSA) is 76.4 Å². The van der Waals surface area contributed by atoms with Gasteiger partial charge < -0.3 is 5.32 Å². The Labute approximate surface area is 149 Å². The zero-order valence-corrected chi connectivity index (χ0v) is 14.8. The number of thioether (sulfide) groups is 1. The van der Waals surface area contributed by atoms with Crippen LogP contribution in [0.25, 0.3) is 5.65 Å². The van der Waals surface area contributed by atoms with Crippen LogP contribution < -0.4 is 11.0 Å². The smallest absolute Gasteiger partial charge is 0.351 e. The monoisotopic (exact) mass is 354 g/mol. The molecule has 3 rings (SSSR count). The number of aromatic nitrogens is 3. The van der Waals surface area contributed by atoms with Gasteiger partial charge in [-0.2, -0.15) is 4.98 Å². The molecule has 1 amide bonds. The van der Waals surface area contributed by atoms with Crippen LogP contribution in [0.5, 0.6) is 0 Å². The van der Waals surface area contributed by atoms with Crippen molar-refractivity contribution in [2.45, 2.75) is 25.5 Å². The van der Waals surface area contributed by atoms with E-state index in [0.29, 0.717) is 17.3 Å². The van der Waals surface area contributed by atoms with Gasteiger partial charge in [0.05, 0.1) is 5.75 Å². The number of pyridine rings is 1. The van der Waals surface area contributed by atoms with Crippen molar-refractivity contribution in [2.24, 2.45) is 0 Å². The van der Waals surface area contributed by atoms with Gasteiger partial charge >= 0.3 is 5.69 Å². The molecule has 25 heavy (non-hydrogen) atoms. The van der Waals surface area contributed by atoms with Crippen LogP contribution in [0.3, 0.4) is 0 Å². The molecule has 0 unspecified atom stereocenters. The average Bonchev–Trinajstić information content (AvgIpc) is 2.59. The lowest BCUT2D eigenvalue weighted by atomic mass is 10.1. The zero-order chi connectivity index (χ0) is 17.8. The third-order valence-corrected chi connectivity index (χ3v) is 4.49. The molecule has 0 fully saturated rings. The van der Waals surface area contributed by atoms with Gasteiger partial charge in [0, 0.05) is 12.7 Å². The summed E-state index contributed by atoms with van der Waals surface area (Å²) in [6, 6.07) is 11.6. The van der Waals surface area contributed by atoms with Gasteiger partial charge in [-0.1, -0.05) is 41.6 Å². The van der Waals surface area contributed by atoms with Gasteiger partial charge in [0.15, 0.2) is 5.16 Å². The number of hydrogen-bond acceptors (Lipinski definition) is 5. The summed E-state index contributed by atoms with van der Waals surface area (Å²) in [5.74, 6) is 0.0337. The van der Waals surface area contributed by atoms with Crippen LogP contribution in [0, 0.1) is 13.8 Å². The molecule has 6 nitrogen and oxygen atoms in total. The summed E-state index contributed by atoms with van der Waals surface area (Å²) >= 11 is 1.15. The minimum absolute atomic E-state index is 0.126. The van der Waals surface area contributed by atoms with Gasteiger partial charge in [-0.3, -0.25) is 9.20 Å². The van der Waals surface area contributed by atoms with Crippen molar-refractivity contribution in [1.29, 1.82) is 0 Å². The Bertz CT molecular complexity index is 967. The normalized spacial score (nSPS) is 10.8. The second-order valence-electron chi connectivity index (χ2n) is 5.77. The second kappa shape index (κ2) is 7.48. The maximum absolute atomic E-state index is 12.0. The molecule has 0 aliphatic heterocycles. The van der Waals surface area contributed by atoms with E-state index < -0.39 is 5.69 Å². The van der Waals surface area contributed by atoms with Crippen LogP contribution >= 0.6 is 11.8 Å². The van der Waals surface area contributed by atoms with E-state index >= 15 is 0 Å². The molecule has 2 heterocycles. The number of amides is 1. The van der Waals surface area contributed by atoms with Gasteiger partial charge in [-0.25, -0.2) is 9.78 Å². The lowest BCUT2D eigenvalue weighted by molar-refractivity contribution is -0.118. The van der Waals surface area contributed by atoms with Gasteiger partial charge in [0.1, 0.15) is 5.65 Å². The van der Waals surface area contributed by atoms with E-state index in [4.69, 9.17) is 0 Å². The molecule has 1 N–H and O–H groups in total. The molecule has 128 valence electrons. The molecule has 1 aromatic carbocycles. The molecule has 0 radical (unpaired) electrons. The minimum atomic E-state index is -0.396. The fourth-order valence-electron chi connectivity index (χ4n) is 2.25. The van der Waals surface area contributed by atoms with Crippen LogP contribution in [0.1, 0.15) is 16.7 Å². The largest absolute Gasteiger partial charge is 0.355 e. The summed E-state index contributed by atoms with van der Waals surface area (Å²) in [6.07, 6.45) is 1.65. The highest BCUT2D eigenvalue weighted by Gasteiger charge is 2.08. The number of carbonyl (C=O) groups is 1. The lowest BCUT2D eigenvalue weighted by Crippen LogP contribution is -2.25. The Balaban J connectivity index is 1.61. The van der Waals surface area contributed by atoms with Crippen LogP contribution in [0.2, 0.25) is 0 Å². The fourth-order valence-corrected chi connectivity index (χ4v) is 2.91. The quantitative estimate of drug-likeness (QED) is 0.710. The number of nitrogens with zero attached hydrogens (tertiary/aromatic N) is 3. The number of benzene rings is 1. The highest BCUT2D eigenvalue weighted by Crippen LogP contribution is 2.12. The number of carbonyl (C=O) groups excluding carboxylic acids is 1. The molecule has 2 aromatic heterocycles. The number of hydrogen-bond donors (Lipinski definition) is 1. The Kier molecular flexibility index (Phi) is 5.14. The average molecular weight is 354 g/mol. The fraction of sp³-hybridized carbons (Fsp3) is 0.222. The maximum atomic E-state index is 12.0. The first-order valence-electron chi connectivity index (χ1n) is 7.83. The van der Waals surface area contributed by atoms with E-state index in [-0.39, 0.29) is 11.7 Å². The van der Waals surface area contributed by atoms with Crippen LogP contribution in [-0.2, 0) is 11.3 Å². The molecule has 0 saturated heterocycles. The molecular formula is C18H18N4O2S. The van der Waals surface area contributed by atoms with Crippen molar-refractivity contribution in [3.05, 3.63) is 69.8 Å². The number of fused-ring (bicyclic) bond motifs is 1. The van der Waals surface area contributed by atoms with Gasteiger partial charge in [0.25, 0.3) is 0 Å². The standard InChI is InChI=1S/C18H18N4O2S/c1-12-3-5-14(6-4-12)10-19-16(23)11-25-17-20-15-9-13(2)7-8-22(15)18(24)21-17/h3-9H,10-11H2,1-2H3,(H,19,23). The summed E-state index contributed by atoms with van der Waals surface area (Å²) in [7, 11) is 0. The molecule has 3 aromatic rings. The summed E-state index contributed by atoms with van der Waals surface area (Å²) in [4.78, 5) is 32.2. The van der Waals surface area contributed by atoms with E-state index in [1.54, 1.807) is 6.20 Å². The molecule has 0 bridgehead atoms. The molecule has 0 aliphatic carbocycles. The lowest BCUT2D eigenvalue weighted by Gasteiger charge is -2.06. The summed E-state index contributed by atoms with van der Waals surface area (Å²) in [5.41, 5.74) is 3.36. The molecule has 7 heteroatoms. The Morgan fingerprint density at radius 1 is 1.12 bits per heavy atom. The highest BCUT2D eigenvalue weighted by atomic mass is 32.2. The maximum Gasteiger partial charge on any atom is 0.355 e. The Hall–Kier alpha value is -2.67. The highest BCUT2D eigenvalue weighted by molar-refractivity contribution is 7.99. The van der Waals surface area contributed by atoms with Crippen molar-refractivity contribution in [1.82, 2.24) is 19.7 Å². The molecule has 0 saturated carbocycles. The van der Waals surface area contributed by atoms with E-state index in [1.807, 2.05) is 50.2 Å². The summed E-state index contributed by atoms with van der Waals surface area (Å²) < 4.78 is 1.38. The number of aryl methyl sites for hydroxylation is 2. The van der Waals surface area contributed by atoms with Crippen LogP contribution in [0.15, 0.2) is 52.5 Å². The Morgan fingerprint density at radius 3 is 2.64 bits per heavy atom. The number of nitrogens with one attached hydrogen (secondary N) is 1. The number of rotatable bonds is 5. The zero-order valence-electron chi connectivity index (χ0n) is 14.0. The predicted molar refractivity (Wildman–Crippen MR) is 97.7 cm³/mol. The molecule has 0 aliphatic rings. The first-order chi connectivity index (χ1) is 12.0. The minimum Gasteiger partial charge on any atom is -0.351 e. The predicted octanol–water partition coefficient (Wildman–Crippen LogP) is 2.11. The third-order valence-electron chi connectivity index (χ3n) is 3.64. The van der Waals surface area contributed by atoms with Gasteiger partial charge in [0.2, 0.25) is 5.91 Å². The SMILES string of the molecule is Cc1ccc(CNC(=O)CSc2nc(=O)n3ccc(C)cc3n2)cc1. The second-order valence-corrected chi connectivity index (χ2v) is 6.71. The van der Waals surface area contributed by atoms with Gasteiger partial charge in [-0.05, 0) is 37.1 Å². The summed E-state index contributed by atoms with van der Waals surface area (Å²) in [6.45, 7) is 4.42. The first-order valence-corrected chi connectivity index (χ1v) is 8.82. The van der Waals surface area contributed by atoms with Crippen molar-refractivity contribution in [3.8, 4) is 0 Å². The Morgan fingerprint density at radius 2 is 1.88 bits per heavy atom. The van der Waals surface area contributed by atoms with E-state index in [2.05, 4.69) is 15.3 Å². The molecule has 0 spiro atoms. The van der Waals surface area contributed by atoms with Crippen molar-refractivity contribution in [2.75, 3.05) is 5.75 Å². The van der Waals surface area contributed by atoms with E-state index in [9.17, 15) is 9.59 Å². The van der Waals surface area contributed by atoms with Crippen molar-refractivity contribution >= 4 is 23.3 Å². The van der Waals surface area contributed by atoms with Crippen molar-refractivity contribution < 1.29 is 4.79 Å². The molecule has 0 atom stereocenters. The first kappa shape index (κ1) is 17.2. The van der Waals surface area contributed by atoms with Gasteiger partial charge in [-0.15, -0.1) is 0 Å².